The second-order valence-electron chi connectivity index (χ2n) is 2.33. The Morgan fingerprint density at radius 2 is 2.33 bits per heavy atom. The van der Waals surface area contributed by atoms with Gasteiger partial charge in [0.05, 0.1) is 19.8 Å². The normalized spacial score (nSPS) is 19.7. The highest BCUT2D eigenvalue weighted by Crippen LogP contribution is 2.06. The van der Waals surface area contributed by atoms with Crippen LogP contribution in [-0.4, -0.2) is 38.0 Å². The zero-order valence-electron chi connectivity index (χ0n) is 5.47. The van der Waals surface area contributed by atoms with E-state index >= 15 is 0 Å². The van der Waals surface area contributed by atoms with Crippen molar-refractivity contribution >= 4 is 0 Å². The van der Waals surface area contributed by atoms with Gasteiger partial charge in [-0.2, -0.15) is 0 Å². The summed E-state index contributed by atoms with van der Waals surface area (Å²) in [5, 5.41) is 11.5. The van der Waals surface area contributed by atoms with E-state index in [4.69, 9.17) is 9.84 Å². The molecule has 0 aromatic rings. The van der Waals surface area contributed by atoms with E-state index < -0.39 is 0 Å². The van der Waals surface area contributed by atoms with Crippen molar-refractivity contribution < 1.29 is 9.84 Å². The Kier molecular flexibility index (Phi) is 2.97. The number of nitrogens with one attached hydrogen (secondary N) is 1. The topological polar surface area (TPSA) is 41.5 Å². The minimum Gasteiger partial charge on any atom is -0.395 e. The molecule has 3 nitrogen and oxygen atoms in total. The summed E-state index contributed by atoms with van der Waals surface area (Å²) in [6.07, 6.45) is 0. The summed E-state index contributed by atoms with van der Waals surface area (Å²) in [5.74, 6) is 0.691. The summed E-state index contributed by atoms with van der Waals surface area (Å²) < 4.78 is 4.96. The standard InChI is InChI=1S/C6H13NO2/c8-2-1-7-3-6-4-9-5-6/h6-8H,1-5H2. The van der Waals surface area contributed by atoms with Gasteiger partial charge in [0.1, 0.15) is 0 Å². The molecule has 0 unspecified atom stereocenters. The molecule has 1 saturated heterocycles. The van der Waals surface area contributed by atoms with E-state index in [2.05, 4.69) is 5.32 Å². The van der Waals surface area contributed by atoms with E-state index in [0.717, 1.165) is 19.8 Å². The van der Waals surface area contributed by atoms with Crippen LogP contribution < -0.4 is 5.32 Å². The molecule has 0 atom stereocenters. The summed E-state index contributed by atoms with van der Waals surface area (Å²) in [6.45, 7) is 3.70. The van der Waals surface area contributed by atoms with Gasteiger partial charge in [0, 0.05) is 19.0 Å². The molecule has 1 fully saturated rings. The molecule has 9 heavy (non-hydrogen) atoms. The molecule has 1 aliphatic rings. The summed E-state index contributed by atoms with van der Waals surface area (Å²) in [7, 11) is 0. The molecule has 0 saturated carbocycles. The van der Waals surface area contributed by atoms with Crippen LogP contribution >= 0.6 is 0 Å². The first-order valence-electron chi connectivity index (χ1n) is 3.33. The fourth-order valence-corrected chi connectivity index (χ4v) is 0.788. The molecule has 1 aliphatic heterocycles. The van der Waals surface area contributed by atoms with E-state index in [1.54, 1.807) is 0 Å². The molecule has 1 rings (SSSR count). The summed E-state index contributed by atoms with van der Waals surface area (Å²) in [4.78, 5) is 0. The number of aliphatic hydroxyl groups is 1. The summed E-state index contributed by atoms with van der Waals surface area (Å²) in [5.41, 5.74) is 0. The molecule has 54 valence electrons. The van der Waals surface area contributed by atoms with Crippen molar-refractivity contribution in [1.82, 2.24) is 5.32 Å². The minimum atomic E-state index is 0.230. The monoisotopic (exact) mass is 131 g/mol. The van der Waals surface area contributed by atoms with Gasteiger partial charge in [-0.15, -0.1) is 0 Å². The molecule has 1 heterocycles. The molecule has 3 heteroatoms. The van der Waals surface area contributed by atoms with E-state index in [0.29, 0.717) is 12.5 Å². The van der Waals surface area contributed by atoms with Crippen LogP contribution in [0.3, 0.4) is 0 Å². The quantitative estimate of drug-likeness (QED) is 0.491. The average molecular weight is 131 g/mol. The van der Waals surface area contributed by atoms with Crippen molar-refractivity contribution in [2.45, 2.75) is 0 Å². The second-order valence-corrected chi connectivity index (χ2v) is 2.33. The Balaban J connectivity index is 1.80. The predicted molar refractivity (Wildman–Crippen MR) is 34.3 cm³/mol. The highest BCUT2D eigenvalue weighted by molar-refractivity contribution is 4.67. The third kappa shape index (κ3) is 2.30. The maximum absolute atomic E-state index is 8.38. The van der Waals surface area contributed by atoms with Crippen LogP contribution in [0.5, 0.6) is 0 Å². The smallest absolute Gasteiger partial charge is 0.0555 e. The Bertz CT molecular complexity index is 73.5. The van der Waals surface area contributed by atoms with Crippen LogP contribution in [0.4, 0.5) is 0 Å². The second kappa shape index (κ2) is 3.82. The largest absolute Gasteiger partial charge is 0.395 e. The fourth-order valence-electron chi connectivity index (χ4n) is 0.788. The van der Waals surface area contributed by atoms with Gasteiger partial charge in [0.25, 0.3) is 0 Å². The first-order valence-corrected chi connectivity index (χ1v) is 3.33. The van der Waals surface area contributed by atoms with Crippen molar-refractivity contribution in [2.24, 2.45) is 5.92 Å². The SMILES string of the molecule is OCCNCC1COC1. The Morgan fingerprint density at radius 3 is 2.78 bits per heavy atom. The molecular weight excluding hydrogens is 118 g/mol. The molecular formula is C6H13NO2. The van der Waals surface area contributed by atoms with Crippen LogP contribution in [0.2, 0.25) is 0 Å². The van der Waals surface area contributed by atoms with Gasteiger partial charge in [0.15, 0.2) is 0 Å². The lowest BCUT2D eigenvalue weighted by Crippen LogP contribution is -2.37. The van der Waals surface area contributed by atoms with Crippen LogP contribution in [0.1, 0.15) is 0 Å². The number of aliphatic hydroxyl groups excluding tert-OH is 1. The maximum atomic E-state index is 8.38. The van der Waals surface area contributed by atoms with Crippen molar-refractivity contribution in [1.29, 1.82) is 0 Å². The molecule has 0 bridgehead atoms. The first-order chi connectivity index (χ1) is 4.43. The lowest BCUT2D eigenvalue weighted by atomic mass is 10.1. The van der Waals surface area contributed by atoms with Crippen LogP contribution in [0, 0.1) is 5.92 Å². The Labute approximate surface area is 55.0 Å². The molecule has 0 spiro atoms. The van der Waals surface area contributed by atoms with Gasteiger partial charge >= 0.3 is 0 Å². The van der Waals surface area contributed by atoms with Gasteiger partial charge in [-0.25, -0.2) is 0 Å². The van der Waals surface area contributed by atoms with Crippen molar-refractivity contribution in [3.05, 3.63) is 0 Å². The van der Waals surface area contributed by atoms with E-state index in [1.165, 1.54) is 0 Å². The lowest BCUT2D eigenvalue weighted by molar-refractivity contribution is -0.0308. The zero-order valence-corrected chi connectivity index (χ0v) is 5.47. The molecule has 2 N–H and O–H groups in total. The zero-order chi connectivity index (χ0) is 6.53. The highest BCUT2D eigenvalue weighted by atomic mass is 16.5. The molecule has 0 aromatic heterocycles. The highest BCUT2D eigenvalue weighted by Gasteiger charge is 2.16. The van der Waals surface area contributed by atoms with Gasteiger partial charge in [-0.3, -0.25) is 0 Å². The number of ether oxygens (including phenoxy) is 1. The lowest BCUT2D eigenvalue weighted by Gasteiger charge is -2.25. The number of hydrogen-bond donors (Lipinski definition) is 2. The number of rotatable bonds is 4. The number of hydrogen-bond acceptors (Lipinski definition) is 3. The van der Waals surface area contributed by atoms with Crippen LogP contribution in [-0.2, 0) is 4.74 Å². The summed E-state index contributed by atoms with van der Waals surface area (Å²) >= 11 is 0. The van der Waals surface area contributed by atoms with Gasteiger partial charge in [-0.1, -0.05) is 0 Å². The molecule has 0 aromatic carbocycles. The van der Waals surface area contributed by atoms with Crippen LogP contribution in [0.15, 0.2) is 0 Å². The molecule has 0 amide bonds. The van der Waals surface area contributed by atoms with E-state index in [1.807, 2.05) is 0 Å². The van der Waals surface area contributed by atoms with Crippen molar-refractivity contribution in [3.8, 4) is 0 Å². The van der Waals surface area contributed by atoms with Crippen molar-refractivity contribution in [2.75, 3.05) is 32.9 Å². The average Bonchev–Trinajstić information content (AvgIpc) is 1.76. The van der Waals surface area contributed by atoms with Gasteiger partial charge in [-0.05, 0) is 0 Å². The Hall–Kier alpha value is -0.120. The van der Waals surface area contributed by atoms with Gasteiger partial charge < -0.3 is 15.2 Å². The minimum absolute atomic E-state index is 0.230. The van der Waals surface area contributed by atoms with Crippen molar-refractivity contribution in [3.63, 3.8) is 0 Å². The van der Waals surface area contributed by atoms with E-state index in [-0.39, 0.29) is 6.61 Å². The first kappa shape index (κ1) is 6.99. The van der Waals surface area contributed by atoms with Gasteiger partial charge in [0.2, 0.25) is 0 Å². The Morgan fingerprint density at radius 1 is 1.56 bits per heavy atom. The van der Waals surface area contributed by atoms with Crippen LogP contribution in [0.25, 0.3) is 0 Å². The third-order valence-corrected chi connectivity index (χ3v) is 1.43. The molecule has 0 radical (unpaired) electrons. The summed E-state index contributed by atoms with van der Waals surface area (Å²) in [6, 6.07) is 0. The third-order valence-electron chi connectivity index (χ3n) is 1.43. The fraction of sp³-hybridized carbons (Fsp3) is 1.00. The van der Waals surface area contributed by atoms with E-state index in [9.17, 15) is 0 Å². The predicted octanol–water partition coefficient (Wildman–Crippen LogP) is -0.785. The maximum Gasteiger partial charge on any atom is 0.0555 e. The molecule has 0 aliphatic carbocycles.